The topological polar surface area (TPSA) is 42.0 Å². The summed E-state index contributed by atoms with van der Waals surface area (Å²) in [5.74, 6) is -0.228. The van der Waals surface area contributed by atoms with E-state index in [1.54, 1.807) is 24.3 Å². The first-order chi connectivity index (χ1) is 10.1. The first-order valence-corrected chi connectivity index (χ1v) is 6.95. The van der Waals surface area contributed by atoms with E-state index in [1.165, 1.54) is 0 Å². The molecule has 0 aliphatic carbocycles. The molecular formula is C17H13ClN2O. The number of nitrogens with zero attached hydrogens (tertiary/aromatic N) is 1. The second kappa shape index (κ2) is 5.54. The van der Waals surface area contributed by atoms with E-state index in [0.717, 1.165) is 22.3 Å². The van der Waals surface area contributed by atoms with E-state index in [-0.39, 0.29) is 5.91 Å². The second-order valence-corrected chi connectivity index (χ2v) is 5.17. The van der Waals surface area contributed by atoms with Crippen LogP contribution in [0.25, 0.3) is 10.9 Å². The van der Waals surface area contributed by atoms with Crippen molar-refractivity contribution < 1.29 is 4.79 Å². The molecule has 4 heteroatoms. The Bertz CT molecular complexity index is 830. The number of hydrogen-bond acceptors (Lipinski definition) is 2. The number of halogens is 1. The summed E-state index contributed by atoms with van der Waals surface area (Å²) in [6, 6.07) is 16.5. The molecule has 3 rings (SSSR count). The lowest BCUT2D eigenvalue weighted by Crippen LogP contribution is -2.12. The fraction of sp³-hybridized carbons (Fsp3) is 0.0588. The molecule has 3 nitrogen and oxygen atoms in total. The van der Waals surface area contributed by atoms with Gasteiger partial charge < -0.3 is 5.32 Å². The molecular weight excluding hydrogens is 284 g/mol. The Hall–Kier alpha value is -2.39. The van der Waals surface area contributed by atoms with Crippen molar-refractivity contribution in [2.75, 3.05) is 5.32 Å². The highest BCUT2D eigenvalue weighted by molar-refractivity contribution is 6.34. The van der Waals surface area contributed by atoms with Gasteiger partial charge in [0.05, 0.1) is 21.8 Å². The van der Waals surface area contributed by atoms with Gasteiger partial charge in [0.25, 0.3) is 5.91 Å². The van der Waals surface area contributed by atoms with Gasteiger partial charge in [0.1, 0.15) is 0 Å². The Morgan fingerprint density at radius 2 is 1.86 bits per heavy atom. The van der Waals surface area contributed by atoms with Crippen LogP contribution in [-0.2, 0) is 0 Å². The molecule has 0 bridgehead atoms. The van der Waals surface area contributed by atoms with Crippen LogP contribution in [0.5, 0.6) is 0 Å². The molecule has 1 heterocycles. The van der Waals surface area contributed by atoms with Crippen LogP contribution in [0, 0.1) is 6.92 Å². The van der Waals surface area contributed by atoms with Gasteiger partial charge in [-0.25, -0.2) is 0 Å². The lowest BCUT2D eigenvalue weighted by Gasteiger charge is -2.09. The molecule has 0 saturated carbocycles. The fourth-order valence-corrected chi connectivity index (χ4v) is 2.42. The summed E-state index contributed by atoms with van der Waals surface area (Å²) in [4.78, 5) is 16.8. The van der Waals surface area contributed by atoms with E-state index in [2.05, 4.69) is 10.3 Å². The van der Waals surface area contributed by atoms with E-state index in [9.17, 15) is 4.79 Å². The number of anilines is 1. The van der Waals surface area contributed by atoms with Crippen molar-refractivity contribution in [3.63, 3.8) is 0 Å². The van der Waals surface area contributed by atoms with E-state index in [4.69, 9.17) is 11.6 Å². The average Bonchev–Trinajstić information content (AvgIpc) is 2.47. The third-order valence-corrected chi connectivity index (χ3v) is 3.57. The number of nitrogens with one attached hydrogen (secondary N) is 1. The summed E-state index contributed by atoms with van der Waals surface area (Å²) in [7, 11) is 0. The normalized spacial score (nSPS) is 10.6. The van der Waals surface area contributed by atoms with Gasteiger partial charge >= 0.3 is 0 Å². The molecule has 1 aromatic heterocycles. The molecule has 2 aromatic carbocycles. The highest BCUT2D eigenvalue weighted by Gasteiger charge is 2.11. The zero-order valence-corrected chi connectivity index (χ0v) is 12.2. The van der Waals surface area contributed by atoms with Crippen LogP contribution in [0.1, 0.15) is 16.1 Å². The highest BCUT2D eigenvalue weighted by Crippen LogP contribution is 2.24. The van der Waals surface area contributed by atoms with E-state index in [0.29, 0.717) is 10.6 Å². The van der Waals surface area contributed by atoms with Crippen molar-refractivity contribution in [1.82, 2.24) is 4.98 Å². The first kappa shape index (κ1) is 13.6. The number of hydrogen-bond donors (Lipinski definition) is 1. The van der Waals surface area contributed by atoms with Gasteiger partial charge in [-0.05, 0) is 43.3 Å². The van der Waals surface area contributed by atoms with Crippen LogP contribution in [0.2, 0.25) is 5.02 Å². The number of carbonyl (C=O) groups is 1. The summed E-state index contributed by atoms with van der Waals surface area (Å²) < 4.78 is 0. The number of aryl methyl sites for hydroxylation is 1. The van der Waals surface area contributed by atoms with Crippen molar-refractivity contribution in [1.29, 1.82) is 0 Å². The molecule has 3 aromatic rings. The zero-order valence-electron chi connectivity index (χ0n) is 11.4. The van der Waals surface area contributed by atoms with Crippen molar-refractivity contribution >= 4 is 34.1 Å². The number of aromatic nitrogens is 1. The van der Waals surface area contributed by atoms with Crippen LogP contribution in [0.4, 0.5) is 5.69 Å². The van der Waals surface area contributed by atoms with Gasteiger partial charge in [0, 0.05) is 11.1 Å². The molecule has 0 saturated heterocycles. The van der Waals surface area contributed by atoms with E-state index in [1.807, 2.05) is 37.3 Å². The third-order valence-electron chi connectivity index (χ3n) is 3.24. The minimum atomic E-state index is -0.228. The van der Waals surface area contributed by atoms with Gasteiger partial charge in [-0.2, -0.15) is 0 Å². The predicted octanol–water partition coefficient (Wildman–Crippen LogP) is 4.45. The monoisotopic (exact) mass is 296 g/mol. The van der Waals surface area contributed by atoms with Gasteiger partial charge in [-0.15, -0.1) is 0 Å². The maximum Gasteiger partial charge on any atom is 0.257 e. The predicted molar refractivity (Wildman–Crippen MR) is 85.9 cm³/mol. The number of pyridine rings is 1. The second-order valence-electron chi connectivity index (χ2n) is 4.76. The summed E-state index contributed by atoms with van der Waals surface area (Å²) in [5.41, 5.74) is 2.98. The van der Waals surface area contributed by atoms with Crippen molar-refractivity contribution in [2.45, 2.75) is 6.92 Å². The molecule has 1 N–H and O–H groups in total. The summed E-state index contributed by atoms with van der Waals surface area (Å²) in [6.45, 7) is 1.94. The molecule has 0 radical (unpaired) electrons. The van der Waals surface area contributed by atoms with Crippen molar-refractivity contribution in [3.05, 3.63) is 70.9 Å². The molecule has 21 heavy (non-hydrogen) atoms. The van der Waals surface area contributed by atoms with Gasteiger partial charge in [-0.3, -0.25) is 9.78 Å². The summed E-state index contributed by atoms with van der Waals surface area (Å²) in [6.07, 6.45) is 0. The standard InChI is InChI=1S/C17H13ClN2O/c1-11-9-10-13-15(19-11)7-4-8-16(13)20-17(21)12-5-2-3-6-14(12)18/h2-10H,1H3,(H,20,21). The minimum Gasteiger partial charge on any atom is -0.321 e. The SMILES string of the molecule is Cc1ccc2c(NC(=O)c3ccccc3Cl)cccc2n1. The van der Waals surface area contributed by atoms with Gasteiger partial charge in [-0.1, -0.05) is 29.8 Å². The lowest BCUT2D eigenvalue weighted by molar-refractivity contribution is 0.102. The zero-order chi connectivity index (χ0) is 14.8. The quantitative estimate of drug-likeness (QED) is 0.759. The number of fused-ring (bicyclic) bond motifs is 1. The molecule has 0 aliphatic rings. The number of benzene rings is 2. The Labute approximate surface area is 127 Å². The van der Waals surface area contributed by atoms with E-state index >= 15 is 0 Å². The van der Waals surface area contributed by atoms with E-state index < -0.39 is 0 Å². The number of amides is 1. The molecule has 0 spiro atoms. The number of carbonyl (C=O) groups excluding carboxylic acids is 1. The maximum atomic E-state index is 12.3. The molecule has 1 amide bonds. The smallest absolute Gasteiger partial charge is 0.257 e. The summed E-state index contributed by atoms with van der Waals surface area (Å²) >= 11 is 6.05. The van der Waals surface area contributed by atoms with Gasteiger partial charge in [0.2, 0.25) is 0 Å². The number of rotatable bonds is 2. The van der Waals surface area contributed by atoms with Crippen LogP contribution in [0.15, 0.2) is 54.6 Å². The molecule has 0 aliphatic heterocycles. The highest BCUT2D eigenvalue weighted by atomic mass is 35.5. The Morgan fingerprint density at radius 3 is 2.67 bits per heavy atom. The van der Waals surface area contributed by atoms with Crippen LogP contribution < -0.4 is 5.32 Å². The van der Waals surface area contributed by atoms with Crippen molar-refractivity contribution in [2.24, 2.45) is 0 Å². The average molecular weight is 297 g/mol. The molecule has 0 unspecified atom stereocenters. The maximum absolute atomic E-state index is 12.3. The first-order valence-electron chi connectivity index (χ1n) is 6.57. The largest absolute Gasteiger partial charge is 0.321 e. The van der Waals surface area contributed by atoms with Crippen LogP contribution >= 0.6 is 11.6 Å². The molecule has 0 atom stereocenters. The lowest BCUT2D eigenvalue weighted by atomic mass is 10.1. The van der Waals surface area contributed by atoms with Crippen molar-refractivity contribution in [3.8, 4) is 0 Å². The third kappa shape index (κ3) is 2.73. The Balaban J connectivity index is 1.99. The molecule has 104 valence electrons. The summed E-state index contributed by atoms with van der Waals surface area (Å²) in [5, 5.41) is 4.24. The van der Waals surface area contributed by atoms with Crippen LogP contribution in [0.3, 0.4) is 0 Å². The van der Waals surface area contributed by atoms with Gasteiger partial charge in [0.15, 0.2) is 0 Å². The Kier molecular flexibility index (Phi) is 3.59. The molecule has 0 fully saturated rings. The fourth-order valence-electron chi connectivity index (χ4n) is 2.20. The minimum absolute atomic E-state index is 0.228. The Morgan fingerprint density at radius 1 is 1.05 bits per heavy atom. The van der Waals surface area contributed by atoms with Crippen LogP contribution in [-0.4, -0.2) is 10.9 Å².